The number of nitrogens with zero attached hydrogens (tertiary/aromatic N) is 1. The Morgan fingerprint density at radius 3 is 2.09 bits per heavy atom. The van der Waals surface area contributed by atoms with Crippen molar-refractivity contribution in [2.75, 3.05) is 6.61 Å². The van der Waals surface area contributed by atoms with Crippen LogP contribution in [0.3, 0.4) is 0 Å². The topological polar surface area (TPSA) is 48.4 Å². The molecule has 0 aliphatic rings. The van der Waals surface area contributed by atoms with Gasteiger partial charge in [-0.2, -0.15) is 0 Å². The molecule has 0 aliphatic heterocycles. The van der Waals surface area contributed by atoms with E-state index in [0.29, 0.717) is 11.3 Å². The predicted octanol–water partition coefficient (Wildman–Crippen LogP) is 8.05. The number of pyridine rings is 1. The molecule has 3 rings (SSSR count). The first-order valence-corrected chi connectivity index (χ1v) is 12.7. The Hall–Kier alpha value is -3.14. The number of aryl methyl sites for hydroxylation is 1. The third-order valence-corrected chi connectivity index (χ3v) is 5.87. The molecule has 0 N–H and O–H groups in total. The molecular formula is C30H37NO3. The fraction of sp³-hybridized carbons (Fsp3) is 0.400. The molecule has 0 bridgehead atoms. The van der Waals surface area contributed by atoms with Crippen molar-refractivity contribution < 1.29 is 14.3 Å². The lowest BCUT2D eigenvalue weighted by atomic mass is 10.0. The van der Waals surface area contributed by atoms with Crippen molar-refractivity contribution in [2.45, 2.75) is 71.6 Å². The summed E-state index contributed by atoms with van der Waals surface area (Å²) in [6, 6.07) is 19.1. The highest BCUT2D eigenvalue weighted by Crippen LogP contribution is 2.23. The maximum atomic E-state index is 12.5. The van der Waals surface area contributed by atoms with E-state index in [9.17, 15) is 4.79 Å². The smallest absolute Gasteiger partial charge is 0.343 e. The summed E-state index contributed by atoms with van der Waals surface area (Å²) < 4.78 is 11.3. The van der Waals surface area contributed by atoms with E-state index in [2.05, 4.69) is 18.8 Å². The highest BCUT2D eigenvalue weighted by molar-refractivity contribution is 5.91. The summed E-state index contributed by atoms with van der Waals surface area (Å²) in [4.78, 5) is 17.0. The van der Waals surface area contributed by atoms with Gasteiger partial charge in [-0.25, -0.2) is 4.79 Å². The Balaban J connectivity index is 1.48. The fourth-order valence-electron chi connectivity index (χ4n) is 3.78. The van der Waals surface area contributed by atoms with Gasteiger partial charge in [-0.3, -0.25) is 4.98 Å². The van der Waals surface area contributed by atoms with Crippen molar-refractivity contribution in [1.82, 2.24) is 4.98 Å². The van der Waals surface area contributed by atoms with Crippen LogP contribution >= 0.6 is 0 Å². The first kappa shape index (κ1) is 25.5. The number of unbranched alkanes of at least 4 members (excludes halogenated alkanes) is 6. The lowest BCUT2D eigenvalue weighted by Crippen LogP contribution is -2.08. The molecule has 0 saturated heterocycles. The van der Waals surface area contributed by atoms with Crippen molar-refractivity contribution in [3.63, 3.8) is 0 Å². The molecule has 4 nitrogen and oxygen atoms in total. The Labute approximate surface area is 204 Å². The maximum absolute atomic E-state index is 12.5. The number of carbonyl (C=O) groups is 1. The van der Waals surface area contributed by atoms with Crippen molar-refractivity contribution in [1.29, 1.82) is 0 Å². The Morgan fingerprint density at radius 2 is 1.41 bits per heavy atom. The number of esters is 1. The summed E-state index contributed by atoms with van der Waals surface area (Å²) in [5.41, 5.74) is 3.64. The molecule has 0 spiro atoms. The highest BCUT2D eigenvalue weighted by atomic mass is 16.5. The second kappa shape index (κ2) is 14.2. The summed E-state index contributed by atoms with van der Waals surface area (Å²) in [6.45, 7) is 5.13. The SMILES string of the molecule is CCCCCCCc1ccc(C(=O)Oc2ccc(-c3ccc(OCCCCC)cn3)cc2)cc1. The molecule has 4 heteroatoms. The normalized spacial score (nSPS) is 10.8. The number of ether oxygens (including phenoxy) is 2. The van der Waals surface area contributed by atoms with Gasteiger partial charge in [0.15, 0.2) is 0 Å². The summed E-state index contributed by atoms with van der Waals surface area (Å²) in [7, 11) is 0. The van der Waals surface area contributed by atoms with E-state index in [4.69, 9.17) is 9.47 Å². The molecule has 2 aromatic carbocycles. The molecule has 0 fully saturated rings. The number of hydrogen-bond donors (Lipinski definition) is 0. The van der Waals surface area contributed by atoms with Gasteiger partial charge in [0, 0.05) is 5.56 Å². The predicted molar refractivity (Wildman–Crippen MR) is 139 cm³/mol. The first-order chi connectivity index (χ1) is 16.7. The van der Waals surface area contributed by atoms with Crippen LogP contribution in [0.2, 0.25) is 0 Å². The number of rotatable bonds is 14. The first-order valence-electron chi connectivity index (χ1n) is 12.7. The standard InChI is InChI=1S/C30H37NO3/c1-3-5-7-8-9-11-24-12-14-26(15-13-24)30(32)34-27-18-16-25(17-19-27)29-21-20-28(23-31-29)33-22-10-6-4-2/h12-21,23H,3-11,22H2,1-2H3. The number of carbonyl (C=O) groups excluding carboxylic acids is 1. The van der Waals surface area contributed by atoms with Crippen LogP contribution in [-0.2, 0) is 6.42 Å². The molecule has 0 radical (unpaired) electrons. The van der Waals surface area contributed by atoms with Crippen LogP contribution in [0.4, 0.5) is 0 Å². The second-order valence-corrected chi connectivity index (χ2v) is 8.71. The van der Waals surface area contributed by atoms with Gasteiger partial charge in [0.2, 0.25) is 0 Å². The monoisotopic (exact) mass is 459 g/mol. The van der Waals surface area contributed by atoms with Crippen LogP contribution in [0.25, 0.3) is 11.3 Å². The Kier molecular flexibility index (Phi) is 10.6. The molecule has 1 aromatic heterocycles. The van der Waals surface area contributed by atoms with Gasteiger partial charge >= 0.3 is 5.97 Å². The quantitative estimate of drug-likeness (QED) is 0.139. The van der Waals surface area contributed by atoms with E-state index >= 15 is 0 Å². The van der Waals surface area contributed by atoms with Crippen molar-refractivity contribution in [3.8, 4) is 22.8 Å². The van der Waals surface area contributed by atoms with Crippen molar-refractivity contribution in [3.05, 3.63) is 78.0 Å². The zero-order valence-corrected chi connectivity index (χ0v) is 20.6. The molecule has 0 unspecified atom stereocenters. The van der Waals surface area contributed by atoms with Gasteiger partial charge in [-0.15, -0.1) is 0 Å². The summed E-state index contributed by atoms with van der Waals surface area (Å²) in [5.74, 6) is 0.961. The summed E-state index contributed by atoms with van der Waals surface area (Å²) in [6.07, 6.45) is 12.5. The molecule has 180 valence electrons. The maximum Gasteiger partial charge on any atom is 0.343 e. The van der Waals surface area contributed by atoms with Gasteiger partial charge in [0.05, 0.1) is 24.1 Å². The molecule has 1 heterocycles. The summed E-state index contributed by atoms with van der Waals surface area (Å²) >= 11 is 0. The highest BCUT2D eigenvalue weighted by Gasteiger charge is 2.09. The van der Waals surface area contributed by atoms with E-state index in [1.54, 1.807) is 18.3 Å². The average Bonchev–Trinajstić information content (AvgIpc) is 2.88. The van der Waals surface area contributed by atoms with E-state index in [-0.39, 0.29) is 5.97 Å². The van der Waals surface area contributed by atoms with Crippen LogP contribution < -0.4 is 9.47 Å². The largest absolute Gasteiger partial charge is 0.492 e. The molecule has 34 heavy (non-hydrogen) atoms. The van der Waals surface area contributed by atoms with Gasteiger partial charge in [0.1, 0.15) is 11.5 Å². The van der Waals surface area contributed by atoms with E-state index in [1.807, 2.05) is 48.5 Å². The Morgan fingerprint density at radius 1 is 0.735 bits per heavy atom. The van der Waals surface area contributed by atoms with E-state index < -0.39 is 0 Å². The molecule has 0 saturated carbocycles. The number of hydrogen-bond acceptors (Lipinski definition) is 4. The number of benzene rings is 2. The zero-order chi connectivity index (χ0) is 24.0. The van der Waals surface area contributed by atoms with Crippen molar-refractivity contribution >= 4 is 5.97 Å². The van der Waals surface area contributed by atoms with Gasteiger partial charge in [-0.1, -0.05) is 64.5 Å². The Bertz CT molecular complexity index is 979. The molecule has 0 atom stereocenters. The second-order valence-electron chi connectivity index (χ2n) is 8.71. The molecule has 0 amide bonds. The minimum Gasteiger partial charge on any atom is -0.492 e. The third-order valence-electron chi connectivity index (χ3n) is 5.87. The third kappa shape index (κ3) is 8.33. The van der Waals surface area contributed by atoms with E-state index in [1.165, 1.54) is 50.5 Å². The molecular weight excluding hydrogens is 422 g/mol. The van der Waals surface area contributed by atoms with Crippen LogP contribution in [0.1, 0.15) is 81.1 Å². The van der Waals surface area contributed by atoms with Crippen LogP contribution in [0.15, 0.2) is 66.9 Å². The zero-order valence-electron chi connectivity index (χ0n) is 20.6. The molecule has 3 aromatic rings. The minimum absolute atomic E-state index is 0.343. The lowest BCUT2D eigenvalue weighted by Gasteiger charge is -2.08. The lowest BCUT2D eigenvalue weighted by molar-refractivity contribution is 0.0735. The van der Waals surface area contributed by atoms with Gasteiger partial charge in [-0.05, 0) is 73.4 Å². The van der Waals surface area contributed by atoms with Crippen LogP contribution in [0, 0.1) is 0 Å². The molecule has 0 aliphatic carbocycles. The van der Waals surface area contributed by atoms with Gasteiger partial charge in [0.25, 0.3) is 0 Å². The van der Waals surface area contributed by atoms with E-state index in [0.717, 1.165) is 36.5 Å². The summed E-state index contributed by atoms with van der Waals surface area (Å²) in [5, 5.41) is 0. The fourth-order valence-corrected chi connectivity index (χ4v) is 3.78. The van der Waals surface area contributed by atoms with Crippen LogP contribution in [0.5, 0.6) is 11.5 Å². The van der Waals surface area contributed by atoms with Crippen molar-refractivity contribution in [2.24, 2.45) is 0 Å². The van der Waals surface area contributed by atoms with Gasteiger partial charge < -0.3 is 9.47 Å². The average molecular weight is 460 g/mol. The number of aromatic nitrogens is 1. The minimum atomic E-state index is -0.343. The van der Waals surface area contributed by atoms with Crippen LogP contribution in [-0.4, -0.2) is 17.6 Å².